The van der Waals surface area contributed by atoms with E-state index in [1.165, 1.54) is 5.56 Å². The quantitative estimate of drug-likeness (QED) is 0.815. The van der Waals surface area contributed by atoms with E-state index in [9.17, 15) is 4.79 Å². The Morgan fingerprint density at radius 3 is 2.47 bits per heavy atom. The summed E-state index contributed by atoms with van der Waals surface area (Å²) in [6, 6.07) is 7.92. The van der Waals surface area contributed by atoms with Crippen molar-refractivity contribution in [3.05, 3.63) is 34.3 Å². The molecule has 0 fully saturated rings. The van der Waals surface area contributed by atoms with Gasteiger partial charge < -0.3 is 10.6 Å². The first-order valence-electron chi connectivity index (χ1n) is 4.86. The second-order valence-electron chi connectivity index (χ2n) is 3.77. The Labute approximate surface area is 98.4 Å². The summed E-state index contributed by atoms with van der Waals surface area (Å²) in [6.07, 6.45) is 0. The molecule has 82 valence electrons. The van der Waals surface area contributed by atoms with Gasteiger partial charge in [0.05, 0.1) is 7.05 Å². The van der Waals surface area contributed by atoms with Crippen LogP contribution in [0, 0.1) is 0 Å². The number of primary amides is 1. The number of carbonyl (C=O) groups excluding carboxylic acids is 1. The summed E-state index contributed by atoms with van der Waals surface area (Å²) < 4.78 is 1.06. The van der Waals surface area contributed by atoms with Crippen molar-refractivity contribution < 1.29 is 9.69 Å². The molecule has 0 aliphatic carbocycles. The van der Waals surface area contributed by atoms with Crippen LogP contribution in [0.2, 0.25) is 0 Å². The molecule has 1 unspecified atom stereocenters. The molecule has 0 aliphatic heterocycles. The van der Waals surface area contributed by atoms with E-state index >= 15 is 0 Å². The predicted molar refractivity (Wildman–Crippen MR) is 63.4 cm³/mol. The monoisotopic (exact) mass is 271 g/mol. The van der Waals surface area contributed by atoms with Crippen LogP contribution in [0.15, 0.2) is 28.7 Å². The van der Waals surface area contributed by atoms with E-state index < -0.39 is 0 Å². The maximum atomic E-state index is 11.0. The largest absolute Gasteiger partial charge is 0.365 e. The predicted octanol–water partition coefficient (Wildman–Crippen LogP) is 0.338. The molecular formula is C11H16BrN2O+. The summed E-state index contributed by atoms with van der Waals surface area (Å²) in [5.74, 6) is -0.260. The van der Waals surface area contributed by atoms with Gasteiger partial charge in [0.1, 0.15) is 6.54 Å². The molecule has 0 aliphatic rings. The minimum Gasteiger partial charge on any atom is -0.365 e. The highest BCUT2D eigenvalue weighted by Crippen LogP contribution is 2.09. The number of carbonyl (C=O) groups is 1. The summed E-state index contributed by atoms with van der Waals surface area (Å²) in [7, 11) is 1.97. The van der Waals surface area contributed by atoms with Crippen LogP contribution in [-0.4, -0.2) is 19.0 Å². The van der Waals surface area contributed by atoms with E-state index in [1.807, 2.05) is 38.2 Å². The van der Waals surface area contributed by atoms with Crippen molar-refractivity contribution in [1.29, 1.82) is 0 Å². The standard InChI is InChI=1S/C11H15BrN2O/c1-8(11(13)15)14(2)7-9-3-5-10(12)6-4-9/h3-6,8H,7H2,1-2H3,(H2,13,15)/p+1/t8-/m0/s1. The van der Waals surface area contributed by atoms with Crippen LogP contribution in [0.1, 0.15) is 12.5 Å². The van der Waals surface area contributed by atoms with Crippen molar-refractivity contribution in [3.8, 4) is 0 Å². The molecule has 0 heterocycles. The van der Waals surface area contributed by atoms with Gasteiger partial charge in [-0.3, -0.25) is 4.79 Å². The SMILES string of the molecule is C[C@@H](C(N)=O)[NH+](C)Cc1ccc(Br)cc1. The van der Waals surface area contributed by atoms with Gasteiger partial charge in [-0.1, -0.05) is 28.1 Å². The first kappa shape index (κ1) is 12.2. The molecule has 1 aromatic rings. The number of quaternary nitrogens is 1. The molecule has 1 amide bonds. The summed E-state index contributed by atoms with van der Waals surface area (Å²) >= 11 is 3.38. The Morgan fingerprint density at radius 1 is 1.47 bits per heavy atom. The topological polar surface area (TPSA) is 47.5 Å². The number of likely N-dealkylation sites (N-methyl/N-ethyl adjacent to an activating group) is 1. The molecule has 2 atom stereocenters. The molecule has 15 heavy (non-hydrogen) atoms. The molecule has 0 aromatic heterocycles. The molecule has 4 heteroatoms. The average molecular weight is 272 g/mol. The van der Waals surface area contributed by atoms with Gasteiger partial charge in [0.25, 0.3) is 5.91 Å². The van der Waals surface area contributed by atoms with E-state index in [1.54, 1.807) is 0 Å². The maximum absolute atomic E-state index is 11.0. The fourth-order valence-electron chi connectivity index (χ4n) is 1.32. The summed E-state index contributed by atoms with van der Waals surface area (Å²) in [5.41, 5.74) is 6.45. The Bertz CT molecular complexity index is 337. The van der Waals surface area contributed by atoms with Gasteiger partial charge in [-0.25, -0.2) is 0 Å². The first-order chi connectivity index (χ1) is 7.00. The molecule has 0 bridgehead atoms. The number of hydrogen-bond donors (Lipinski definition) is 2. The van der Waals surface area contributed by atoms with Gasteiger partial charge in [0, 0.05) is 10.0 Å². The van der Waals surface area contributed by atoms with Crippen LogP contribution >= 0.6 is 15.9 Å². The van der Waals surface area contributed by atoms with Crippen LogP contribution in [0.4, 0.5) is 0 Å². The zero-order chi connectivity index (χ0) is 11.4. The number of benzene rings is 1. The van der Waals surface area contributed by atoms with E-state index in [4.69, 9.17) is 5.73 Å². The van der Waals surface area contributed by atoms with Crippen LogP contribution < -0.4 is 10.6 Å². The molecule has 3 N–H and O–H groups in total. The molecule has 1 aromatic carbocycles. The minimum atomic E-state index is -0.260. The molecule has 0 saturated heterocycles. The zero-order valence-corrected chi connectivity index (χ0v) is 10.5. The van der Waals surface area contributed by atoms with Gasteiger partial charge in [0.2, 0.25) is 0 Å². The third kappa shape index (κ3) is 3.64. The van der Waals surface area contributed by atoms with Crippen molar-refractivity contribution in [3.63, 3.8) is 0 Å². The lowest BCUT2D eigenvalue weighted by Gasteiger charge is -2.18. The second-order valence-corrected chi connectivity index (χ2v) is 4.69. The number of halogens is 1. The lowest BCUT2D eigenvalue weighted by atomic mass is 10.2. The number of rotatable bonds is 4. The van der Waals surface area contributed by atoms with Crippen LogP contribution in [-0.2, 0) is 11.3 Å². The normalized spacial score (nSPS) is 14.6. The number of hydrogen-bond acceptors (Lipinski definition) is 1. The van der Waals surface area contributed by atoms with Gasteiger partial charge in [-0.05, 0) is 19.1 Å². The second kappa shape index (κ2) is 5.28. The Hall–Kier alpha value is -0.870. The van der Waals surface area contributed by atoms with Crippen molar-refractivity contribution in [2.45, 2.75) is 19.5 Å². The fourth-order valence-corrected chi connectivity index (χ4v) is 1.58. The lowest BCUT2D eigenvalue weighted by Crippen LogP contribution is -3.12. The average Bonchev–Trinajstić information content (AvgIpc) is 2.20. The summed E-state index contributed by atoms with van der Waals surface area (Å²) in [5, 5.41) is 0. The smallest absolute Gasteiger partial charge is 0.275 e. The Morgan fingerprint density at radius 2 is 2.00 bits per heavy atom. The maximum Gasteiger partial charge on any atom is 0.275 e. The van der Waals surface area contributed by atoms with Gasteiger partial charge in [0.15, 0.2) is 6.04 Å². The van der Waals surface area contributed by atoms with Crippen LogP contribution in [0.3, 0.4) is 0 Å². The Kier molecular flexibility index (Phi) is 4.29. The van der Waals surface area contributed by atoms with Crippen LogP contribution in [0.5, 0.6) is 0 Å². The van der Waals surface area contributed by atoms with E-state index in [-0.39, 0.29) is 11.9 Å². The van der Waals surface area contributed by atoms with Gasteiger partial charge >= 0.3 is 0 Å². The highest BCUT2D eigenvalue weighted by Gasteiger charge is 2.18. The summed E-state index contributed by atoms with van der Waals surface area (Å²) in [6.45, 7) is 2.65. The molecule has 0 saturated carbocycles. The summed E-state index contributed by atoms with van der Waals surface area (Å²) in [4.78, 5) is 12.1. The highest BCUT2D eigenvalue weighted by molar-refractivity contribution is 9.10. The third-order valence-electron chi connectivity index (χ3n) is 2.56. The lowest BCUT2D eigenvalue weighted by molar-refractivity contribution is -0.908. The van der Waals surface area contributed by atoms with Crippen molar-refractivity contribution in [2.24, 2.45) is 5.73 Å². The van der Waals surface area contributed by atoms with Gasteiger partial charge in [-0.2, -0.15) is 0 Å². The number of nitrogens with two attached hydrogens (primary N) is 1. The van der Waals surface area contributed by atoms with Gasteiger partial charge in [-0.15, -0.1) is 0 Å². The number of amides is 1. The molecule has 0 radical (unpaired) electrons. The fraction of sp³-hybridized carbons (Fsp3) is 0.364. The highest BCUT2D eigenvalue weighted by atomic mass is 79.9. The molecule has 3 nitrogen and oxygen atoms in total. The van der Waals surface area contributed by atoms with Crippen molar-refractivity contribution >= 4 is 21.8 Å². The van der Waals surface area contributed by atoms with E-state index in [2.05, 4.69) is 15.9 Å². The zero-order valence-electron chi connectivity index (χ0n) is 8.96. The first-order valence-corrected chi connectivity index (χ1v) is 5.66. The van der Waals surface area contributed by atoms with Crippen molar-refractivity contribution in [2.75, 3.05) is 7.05 Å². The molecule has 0 spiro atoms. The Balaban J connectivity index is 2.62. The van der Waals surface area contributed by atoms with E-state index in [0.717, 1.165) is 15.9 Å². The van der Waals surface area contributed by atoms with E-state index in [0.29, 0.717) is 0 Å². The molecule has 1 rings (SSSR count). The van der Waals surface area contributed by atoms with Crippen LogP contribution in [0.25, 0.3) is 0 Å². The minimum absolute atomic E-state index is 0.159. The van der Waals surface area contributed by atoms with Crippen molar-refractivity contribution in [1.82, 2.24) is 0 Å². The molecular weight excluding hydrogens is 256 g/mol. The number of nitrogens with one attached hydrogen (secondary N) is 1. The third-order valence-corrected chi connectivity index (χ3v) is 3.09.